The molecule has 0 N–H and O–H groups in total. The van der Waals surface area contributed by atoms with Crippen LogP contribution in [0.2, 0.25) is 10.0 Å². The summed E-state index contributed by atoms with van der Waals surface area (Å²) in [6, 6.07) is 12.3. The molecule has 1 fully saturated rings. The average Bonchev–Trinajstić information content (AvgIpc) is 3.12. The van der Waals surface area contributed by atoms with E-state index in [4.69, 9.17) is 23.2 Å². The maximum absolute atomic E-state index is 12.8. The Morgan fingerprint density at radius 1 is 0.960 bits per heavy atom. The molecule has 4 rings (SSSR count). The summed E-state index contributed by atoms with van der Waals surface area (Å²) in [5, 5.41) is 10.6. The zero-order valence-electron chi connectivity index (χ0n) is 12.8. The van der Waals surface area contributed by atoms with Crippen molar-refractivity contribution in [2.45, 2.75) is 18.6 Å². The maximum atomic E-state index is 12.8. The quantitative estimate of drug-likeness (QED) is 0.772. The molecule has 0 bridgehead atoms. The highest BCUT2D eigenvalue weighted by Crippen LogP contribution is 2.33. The van der Waals surface area contributed by atoms with Gasteiger partial charge in [0.2, 0.25) is 0 Å². The van der Waals surface area contributed by atoms with Gasteiger partial charge in [0.05, 0.1) is 12.2 Å². The summed E-state index contributed by atoms with van der Waals surface area (Å²) >= 11 is 12.0. The van der Waals surface area contributed by atoms with Gasteiger partial charge in [-0.1, -0.05) is 46.6 Å². The van der Waals surface area contributed by atoms with Crippen molar-refractivity contribution in [3.05, 3.63) is 64.1 Å². The van der Waals surface area contributed by atoms with Gasteiger partial charge in [-0.2, -0.15) is 5.11 Å². The fourth-order valence-electron chi connectivity index (χ4n) is 3.00. The van der Waals surface area contributed by atoms with Crippen LogP contribution in [0.25, 0.3) is 0 Å². The summed E-state index contributed by atoms with van der Waals surface area (Å²) in [4.78, 5) is 26.6. The molecule has 0 spiro atoms. The molecular weight excluding hydrogens is 363 g/mol. The molecule has 0 aromatic heterocycles. The lowest BCUT2D eigenvalue weighted by Crippen LogP contribution is -2.39. The summed E-state index contributed by atoms with van der Waals surface area (Å²) in [5.74, 6) is -0.739. The van der Waals surface area contributed by atoms with Gasteiger partial charge in [0, 0.05) is 10.0 Å². The first kappa shape index (κ1) is 16.1. The molecule has 25 heavy (non-hydrogen) atoms. The number of nitrogens with zero attached hydrogens (tertiary/aromatic N) is 4. The Balaban J connectivity index is 1.62. The molecule has 2 aromatic carbocycles. The number of carbonyl (C=O) groups excluding carboxylic acids is 2. The third kappa shape index (κ3) is 2.67. The van der Waals surface area contributed by atoms with Crippen LogP contribution in [-0.4, -0.2) is 28.9 Å². The van der Waals surface area contributed by atoms with E-state index in [1.165, 1.54) is 5.01 Å². The molecule has 0 unspecified atom stereocenters. The summed E-state index contributed by atoms with van der Waals surface area (Å²) in [6.45, 7) is 0.303. The van der Waals surface area contributed by atoms with E-state index < -0.39 is 12.1 Å². The Morgan fingerprint density at radius 3 is 2.40 bits per heavy atom. The lowest BCUT2D eigenvalue weighted by molar-refractivity contribution is -0.123. The van der Waals surface area contributed by atoms with Crippen molar-refractivity contribution in [1.82, 2.24) is 5.01 Å². The Hall–Kier alpha value is -2.44. The van der Waals surface area contributed by atoms with Crippen molar-refractivity contribution >= 4 is 40.7 Å². The SMILES string of the molecule is O=C1[C@H]2N=NN(Cc3ccccc3Cl)[C@H]2C(=O)N1c1ccc(Cl)cc1. The number of carbonyl (C=O) groups is 2. The normalized spacial score (nSPS) is 22.0. The second-order valence-corrected chi connectivity index (χ2v) is 6.62. The third-order valence-electron chi connectivity index (χ3n) is 4.23. The lowest BCUT2D eigenvalue weighted by Gasteiger charge is -2.21. The number of benzene rings is 2. The lowest BCUT2D eigenvalue weighted by atomic mass is 10.1. The van der Waals surface area contributed by atoms with Gasteiger partial charge in [-0.15, -0.1) is 0 Å². The van der Waals surface area contributed by atoms with Gasteiger partial charge < -0.3 is 0 Å². The van der Waals surface area contributed by atoms with Crippen LogP contribution in [0, 0.1) is 0 Å². The molecule has 6 nitrogen and oxygen atoms in total. The monoisotopic (exact) mass is 374 g/mol. The maximum Gasteiger partial charge on any atom is 0.263 e. The van der Waals surface area contributed by atoms with Gasteiger partial charge in [0.1, 0.15) is 0 Å². The molecule has 126 valence electrons. The largest absolute Gasteiger partial charge is 0.271 e. The topological polar surface area (TPSA) is 65.3 Å². The Kier molecular flexibility index (Phi) is 3.94. The number of amides is 2. The number of halogens is 2. The number of hydrogen-bond acceptors (Lipinski definition) is 5. The minimum atomic E-state index is -0.828. The van der Waals surface area contributed by atoms with Gasteiger partial charge in [0.15, 0.2) is 12.1 Å². The minimum Gasteiger partial charge on any atom is -0.271 e. The van der Waals surface area contributed by atoms with E-state index in [1.807, 2.05) is 18.2 Å². The van der Waals surface area contributed by atoms with E-state index in [0.29, 0.717) is 22.3 Å². The molecule has 0 aliphatic carbocycles. The Morgan fingerprint density at radius 2 is 1.68 bits per heavy atom. The van der Waals surface area contributed by atoms with Gasteiger partial charge in [-0.3, -0.25) is 14.6 Å². The first-order valence-electron chi connectivity index (χ1n) is 7.60. The number of hydrogen-bond donors (Lipinski definition) is 0. The summed E-state index contributed by atoms with van der Waals surface area (Å²) in [6.07, 6.45) is 0. The van der Waals surface area contributed by atoms with Crippen LogP contribution in [0.15, 0.2) is 58.9 Å². The summed E-state index contributed by atoms with van der Waals surface area (Å²) in [7, 11) is 0. The molecule has 2 aromatic rings. The van der Waals surface area contributed by atoms with Crippen LogP contribution in [-0.2, 0) is 16.1 Å². The first-order chi connectivity index (χ1) is 12.1. The van der Waals surface area contributed by atoms with Crippen LogP contribution >= 0.6 is 23.2 Å². The zero-order valence-corrected chi connectivity index (χ0v) is 14.4. The molecule has 8 heteroatoms. The number of anilines is 1. The number of imide groups is 1. The molecule has 2 aliphatic heterocycles. The summed E-state index contributed by atoms with van der Waals surface area (Å²) < 4.78 is 0. The fourth-order valence-corrected chi connectivity index (χ4v) is 3.32. The molecule has 2 heterocycles. The molecule has 1 saturated heterocycles. The van der Waals surface area contributed by atoms with Crippen LogP contribution in [0.3, 0.4) is 0 Å². The van der Waals surface area contributed by atoms with Crippen molar-refractivity contribution < 1.29 is 9.59 Å². The van der Waals surface area contributed by atoms with Gasteiger partial charge in [-0.25, -0.2) is 4.90 Å². The summed E-state index contributed by atoms with van der Waals surface area (Å²) in [5.41, 5.74) is 1.29. The second kappa shape index (κ2) is 6.13. The van der Waals surface area contributed by atoms with Crippen LogP contribution in [0.5, 0.6) is 0 Å². The first-order valence-corrected chi connectivity index (χ1v) is 8.36. The van der Waals surface area contributed by atoms with E-state index in [2.05, 4.69) is 10.3 Å². The predicted molar refractivity (Wildman–Crippen MR) is 93.4 cm³/mol. The van der Waals surface area contributed by atoms with Crippen molar-refractivity contribution in [1.29, 1.82) is 0 Å². The number of rotatable bonds is 3. The smallest absolute Gasteiger partial charge is 0.263 e. The third-order valence-corrected chi connectivity index (χ3v) is 4.85. The Bertz CT molecular complexity index is 884. The van der Waals surface area contributed by atoms with Crippen molar-refractivity contribution in [2.24, 2.45) is 10.3 Å². The van der Waals surface area contributed by atoms with Crippen LogP contribution in [0.1, 0.15) is 5.56 Å². The number of fused-ring (bicyclic) bond motifs is 1. The molecule has 2 atom stereocenters. The van der Waals surface area contributed by atoms with E-state index in [1.54, 1.807) is 30.3 Å². The van der Waals surface area contributed by atoms with Gasteiger partial charge in [0.25, 0.3) is 11.8 Å². The van der Waals surface area contributed by atoms with Gasteiger partial charge >= 0.3 is 0 Å². The molecular formula is C17H12Cl2N4O2. The van der Waals surface area contributed by atoms with Crippen LogP contribution in [0.4, 0.5) is 5.69 Å². The fraction of sp³-hybridized carbons (Fsp3) is 0.176. The van der Waals surface area contributed by atoms with Gasteiger partial charge in [-0.05, 0) is 35.9 Å². The minimum absolute atomic E-state index is 0.303. The van der Waals surface area contributed by atoms with E-state index in [-0.39, 0.29) is 11.8 Å². The Labute approximate surface area is 153 Å². The highest BCUT2D eigenvalue weighted by Gasteiger charge is 2.54. The highest BCUT2D eigenvalue weighted by atomic mass is 35.5. The zero-order chi connectivity index (χ0) is 17.6. The van der Waals surface area contributed by atoms with Crippen molar-refractivity contribution in [3.63, 3.8) is 0 Å². The molecule has 2 aliphatic rings. The average molecular weight is 375 g/mol. The predicted octanol–water partition coefficient (Wildman–Crippen LogP) is 3.49. The molecule has 0 radical (unpaired) electrons. The highest BCUT2D eigenvalue weighted by molar-refractivity contribution is 6.31. The van der Waals surface area contributed by atoms with Crippen molar-refractivity contribution in [3.8, 4) is 0 Å². The van der Waals surface area contributed by atoms with E-state index in [0.717, 1.165) is 10.5 Å². The standard InChI is InChI=1S/C17H12Cl2N4O2/c18-11-5-7-12(8-6-11)23-16(24)14-15(17(23)25)22(21-20-14)9-10-3-1-2-4-13(10)19/h1-8,14-15H,9H2/t14-,15+/m0/s1. The second-order valence-electron chi connectivity index (χ2n) is 5.77. The van der Waals surface area contributed by atoms with E-state index >= 15 is 0 Å². The molecule has 2 amide bonds. The van der Waals surface area contributed by atoms with Crippen molar-refractivity contribution in [2.75, 3.05) is 4.90 Å². The molecule has 0 saturated carbocycles. The van der Waals surface area contributed by atoms with Crippen LogP contribution < -0.4 is 4.90 Å². The van der Waals surface area contributed by atoms with E-state index in [9.17, 15) is 9.59 Å².